The monoisotopic (exact) mass is 457 g/mol. The molecule has 1 fully saturated rings. The van der Waals surface area contributed by atoms with Gasteiger partial charge in [0.15, 0.2) is 0 Å². The summed E-state index contributed by atoms with van der Waals surface area (Å²) < 4.78 is 11.7. The van der Waals surface area contributed by atoms with Crippen molar-refractivity contribution in [2.45, 2.75) is 84.2 Å². The third kappa shape index (κ3) is 6.37. The van der Waals surface area contributed by atoms with E-state index in [0.29, 0.717) is 35.5 Å². The maximum Gasteiger partial charge on any atom is 0.263 e. The van der Waals surface area contributed by atoms with E-state index in [-0.39, 0.29) is 11.5 Å². The quantitative estimate of drug-likeness (QED) is 0.356. The van der Waals surface area contributed by atoms with E-state index in [1.54, 1.807) is 7.05 Å². The van der Waals surface area contributed by atoms with Gasteiger partial charge in [-0.25, -0.2) is 10.8 Å². The Labute approximate surface area is 196 Å². The minimum absolute atomic E-state index is 0.174. The van der Waals surface area contributed by atoms with Crippen molar-refractivity contribution in [3.05, 3.63) is 35.1 Å². The summed E-state index contributed by atoms with van der Waals surface area (Å²) in [5.41, 5.74) is 8.91. The third-order valence-corrected chi connectivity index (χ3v) is 6.19. The molecule has 2 aromatic rings. The summed E-state index contributed by atoms with van der Waals surface area (Å²) in [7, 11) is 1.74. The Hall–Kier alpha value is -2.81. The summed E-state index contributed by atoms with van der Waals surface area (Å²) in [5.74, 6) is 7.91. The lowest BCUT2D eigenvalue weighted by Crippen LogP contribution is -2.32. The average Bonchev–Trinajstić information content (AvgIpc) is 3.26. The van der Waals surface area contributed by atoms with Gasteiger partial charge in [-0.15, -0.1) is 0 Å². The van der Waals surface area contributed by atoms with Crippen molar-refractivity contribution in [3.8, 4) is 5.75 Å². The van der Waals surface area contributed by atoms with Crippen LogP contribution in [-0.2, 0) is 5.41 Å². The third-order valence-electron chi connectivity index (χ3n) is 6.19. The molecule has 9 nitrogen and oxygen atoms in total. The van der Waals surface area contributed by atoms with Gasteiger partial charge < -0.3 is 25.3 Å². The van der Waals surface area contributed by atoms with Crippen LogP contribution in [0.2, 0.25) is 0 Å². The van der Waals surface area contributed by atoms with Crippen molar-refractivity contribution < 1.29 is 9.26 Å². The molecule has 1 saturated carbocycles. The molecule has 1 aliphatic rings. The molecule has 2 heterocycles. The molecular weight excluding hydrogens is 418 g/mol. The Morgan fingerprint density at radius 3 is 2.61 bits per heavy atom. The van der Waals surface area contributed by atoms with Gasteiger partial charge in [0.2, 0.25) is 5.89 Å². The Morgan fingerprint density at radius 2 is 1.97 bits per heavy atom. The molecule has 1 aliphatic carbocycles. The van der Waals surface area contributed by atoms with Crippen molar-refractivity contribution in [1.29, 1.82) is 0 Å². The van der Waals surface area contributed by atoms with Crippen LogP contribution < -0.4 is 21.6 Å². The number of aryl methyl sites for hydroxylation is 1. The van der Waals surface area contributed by atoms with E-state index in [1.165, 1.54) is 24.3 Å². The zero-order valence-electron chi connectivity index (χ0n) is 20.6. The molecule has 3 rings (SSSR count). The topological polar surface area (TPSA) is 128 Å². The van der Waals surface area contributed by atoms with E-state index in [1.807, 2.05) is 19.1 Å². The van der Waals surface area contributed by atoms with Crippen molar-refractivity contribution in [3.63, 3.8) is 0 Å². The van der Waals surface area contributed by atoms with E-state index < -0.39 is 0 Å². The number of pyridine rings is 1. The van der Waals surface area contributed by atoms with Gasteiger partial charge in [-0.05, 0) is 56.3 Å². The molecule has 0 aromatic carbocycles. The van der Waals surface area contributed by atoms with Gasteiger partial charge in [0.05, 0.1) is 35.4 Å². The molecule has 0 saturated heterocycles. The molecule has 182 valence electrons. The lowest BCUT2D eigenvalue weighted by Gasteiger charge is -2.24. The number of nitrogens with two attached hydrogens (primary N) is 2. The highest BCUT2D eigenvalue weighted by molar-refractivity contribution is 5.64. The number of nitrogens with zero attached hydrogens (tertiary/aromatic N) is 4. The number of likely N-dealkylation sites (N-methyl/N-ethyl adjacent to an activating group) is 1. The number of hydrazine groups is 1. The van der Waals surface area contributed by atoms with Crippen LogP contribution in [0.5, 0.6) is 5.75 Å². The first-order valence-corrected chi connectivity index (χ1v) is 11.9. The number of anilines is 1. The van der Waals surface area contributed by atoms with Gasteiger partial charge >= 0.3 is 0 Å². The second kappa shape index (κ2) is 10.9. The lowest BCUT2D eigenvalue weighted by atomic mass is 9.88. The molecule has 33 heavy (non-hydrogen) atoms. The molecule has 0 amide bonds. The predicted molar refractivity (Wildman–Crippen MR) is 130 cm³/mol. The molecular formula is C24H39N7O2. The van der Waals surface area contributed by atoms with Crippen molar-refractivity contribution >= 4 is 11.6 Å². The number of ether oxygens (including phenoxy) is 1. The first kappa shape index (κ1) is 24.8. The molecule has 0 atom stereocenters. The van der Waals surface area contributed by atoms with Gasteiger partial charge in [0.25, 0.3) is 5.95 Å². The summed E-state index contributed by atoms with van der Waals surface area (Å²) >= 11 is 0. The van der Waals surface area contributed by atoms with E-state index in [0.717, 1.165) is 37.1 Å². The van der Waals surface area contributed by atoms with Crippen LogP contribution in [0.15, 0.2) is 22.4 Å². The molecule has 0 bridgehead atoms. The fraction of sp³-hybridized carbons (Fsp3) is 0.625. The van der Waals surface area contributed by atoms with E-state index in [2.05, 4.69) is 41.2 Å². The normalized spacial score (nSPS) is 15.8. The number of aromatic nitrogens is 3. The highest BCUT2D eigenvalue weighted by Gasteiger charge is 2.27. The van der Waals surface area contributed by atoms with Gasteiger partial charge in [-0.2, -0.15) is 4.98 Å². The highest BCUT2D eigenvalue weighted by Crippen LogP contribution is 2.28. The average molecular weight is 458 g/mol. The summed E-state index contributed by atoms with van der Waals surface area (Å²) in [6, 6.07) is 3.83. The Balaban J connectivity index is 1.72. The number of rotatable bonds is 10. The van der Waals surface area contributed by atoms with Crippen LogP contribution in [0, 0.1) is 6.92 Å². The summed E-state index contributed by atoms with van der Waals surface area (Å²) in [5, 5.41) is 8.70. The van der Waals surface area contributed by atoms with E-state index >= 15 is 0 Å². The first-order valence-electron chi connectivity index (χ1n) is 11.9. The van der Waals surface area contributed by atoms with Crippen LogP contribution in [0.1, 0.15) is 83.0 Å². The Morgan fingerprint density at radius 1 is 1.24 bits per heavy atom. The van der Waals surface area contributed by atoms with Gasteiger partial charge in [0.1, 0.15) is 5.75 Å². The van der Waals surface area contributed by atoms with Crippen molar-refractivity contribution in [1.82, 2.24) is 20.1 Å². The largest absolute Gasteiger partial charge is 0.489 e. The van der Waals surface area contributed by atoms with Crippen LogP contribution in [-0.4, -0.2) is 39.8 Å². The molecule has 9 heteroatoms. The summed E-state index contributed by atoms with van der Waals surface area (Å²) in [4.78, 5) is 9.19. The Kier molecular flexibility index (Phi) is 8.18. The van der Waals surface area contributed by atoms with Crippen LogP contribution >= 0.6 is 0 Å². The zero-order chi connectivity index (χ0) is 24.0. The van der Waals surface area contributed by atoms with Crippen molar-refractivity contribution in [2.24, 2.45) is 11.6 Å². The standard InChI is InChI=1S/C24H39N7O2/c1-6-14-24(3,4)22-29-23(30-33-22)27-15-19(31(5)26)21(25)18-12-13-20(16(2)28-18)32-17-10-8-7-9-11-17/h12-13,17H,6-11,14-15,25-26H2,1-5H3,(H,27,30)/b21-19-. The number of hydrogen-bond acceptors (Lipinski definition) is 9. The van der Waals surface area contributed by atoms with Crippen molar-refractivity contribution in [2.75, 3.05) is 18.9 Å². The number of hydrogen-bond donors (Lipinski definition) is 3. The lowest BCUT2D eigenvalue weighted by molar-refractivity contribution is 0.153. The molecule has 0 aliphatic heterocycles. The fourth-order valence-electron chi connectivity index (χ4n) is 4.21. The summed E-state index contributed by atoms with van der Waals surface area (Å²) in [6.07, 6.45) is 8.22. The predicted octanol–water partition coefficient (Wildman–Crippen LogP) is 4.11. The SMILES string of the molecule is CCCC(C)(C)c1nc(NC/C(=C(/N)c2ccc(OC3CCCCC3)c(C)n2)N(C)N)no1. The Bertz CT molecular complexity index is 946. The first-order chi connectivity index (χ1) is 15.7. The summed E-state index contributed by atoms with van der Waals surface area (Å²) in [6.45, 7) is 8.60. The smallest absolute Gasteiger partial charge is 0.263 e. The minimum atomic E-state index is -0.174. The van der Waals surface area contributed by atoms with Crippen LogP contribution in [0.4, 0.5) is 5.95 Å². The molecule has 2 aromatic heterocycles. The minimum Gasteiger partial charge on any atom is -0.489 e. The zero-order valence-corrected chi connectivity index (χ0v) is 20.6. The van der Waals surface area contributed by atoms with Crippen LogP contribution in [0.3, 0.4) is 0 Å². The van der Waals surface area contributed by atoms with Gasteiger partial charge in [0, 0.05) is 12.5 Å². The molecule has 0 spiro atoms. The second-order valence-corrected chi connectivity index (χ2v) is 9.54. The van der Waals surface area contributed by atoms with Crippen LogP contribution in [0.25, 0.3) is 5.70 Å². The molecule has 0 radical (unpaired) electrons. The molecule has 5 N–H and O–H groups in total. The number of nitrogens with one attached hydrogen (secondary N) is 1. The van der Waals surface area contributed by atoms with Gasteiger partial charge in [-0.1, -0.05) is 33.6 Å². The molecule has 0 unspecified atom stereocenters. The highest BCUT2D eigenvalue weighted by atomic mass is 16.5. The maximum atomic E-state index is 6.47. The van der Waals surface area contributed by atoms with Gasteiger partial charge in [-0.3, -0.25) is 0 Å². The maximum absolute atomic E-state index is 6.47. The van der Waals surface area contributed by atoms with E-state index in [9.17, 15) is 0 Å². The fourth-order valence-corrected chi connectivity index (χ4v) is 4.21. The van der Waals surface area contributed by atoms with E-state index in [4.69, 9.17) is 20.8 Å². The second-order valence-electron chi connectivity index (χ2n) is 9.54.